The molecule has 1 unspecified atom stereocenters. The average Bonchev–Trinajstić information content (AvgIpc) is 3.13. The first-order valence-corrected chi connectivity index (χ1v) is 10.2. The Morgan fingerprint density at radius 1 is 1.14 bits per heavy atom. The van der Waals surface area contributed by atoms with Gasteiger partial charge in [-0.15, -0.1) is 0 Å². The van der Waals surface area contributed by atoms with Crippen molar-refractivity contribution in [1.29, 1.82) is 0 Å². The van der Waals surface area contributed by atoms with Gasteiger partial charge in [-0.3, -0.25) is 4.79 Å². The summed E-state index contributed by atoms with van der Waals surface area (Å²) in [7, 11) is 0. The quantitative estimate of drug-likeness (QED) is 0.317. The van der Waals surface area contributed by atoms with E-state index in [4.69, 9.17) is 9.26 Å². The monoisotopic (exact) mass is 410 g/mol. The van der Waals surface area contributed by atoms with Gasteiger partial charge in [0.1, 0.15) is 10.8 Å². The number of carbonyl (C=O) groups excluding carboxylic acids is 2. The van der Waals surface area contributed by atoms with Crippen molar-refractivity contribution in [3.05, 3.63) is 76.3 Å². The van der Waals surface area contributed by atoms with Gasteiger partial charge < -0.3 is 9.26 Å². The van der Waals surface area contributed by atoms with Crippen molar-refractivity contribution in [2.75, 3.05) is 0 Å². The Labute approximate surface area is 173 Å². The lowest BCUT2D eigenvalue weighted by Crippen LogP contribution is -2.25. The lowest BCUT2D eigenvalue weighted by Gasteiger charge is -2.14. The molecule has 2 heterocycles. The average molecular weight is 410 g/mol. The number of thioether (sulfide) groups is 1. The fraction of sp³-hybridized carbons (Fsp3) is 0.273. The van der Waals surface area contributed by atoms with Crippen LogP contribution >= 0.6 is 11.8 Å². The van der Waals surface area contributed by atoms with Gasteiger partial charge >= 0.3 is 5.97 Å². The van der Waals surface area contributed by atoms with E-state index in [1.54, 1.807) is 31.3 Å². The minimum Gasteiger partial charge on any atom is -0.451 e. The van der Waals surface area contributed by atoms with Crippen LogP contribution in [0.15, 0.2) is 52.1 Å². The molecule has 0 aliphatic carbocycles. The van der Waals surface area contributed by atoms with Crippen molar-refractivity contribution < 1.29 is 18.8 Å². The second kappa shape index (κ2) is 9.05. The molecule has 0 fully saturated rings. The Kier molecular flexibility index (Phi) is 6.49. The number of esters is 1. The second-order valence-electron chi connectivity index (χ2n) is 6.78. The first-order chi connectivity index (χ1) is 13.8. The first kappa shape index (κ1) is 20.8. The van der Waals surface area contributed by atoms with Gasteiger partial charge in [-0.05, 0) is 57.0 Å². The van der Waals surface area contributed by atoms with Crippen LogP contribution in [0.4, 0.5) is 0 Å². The minimum absolute atomic E-state index is 0.238. The van der Waals surface area contributed by atoms with Crippen molar-refractivity contribution in [3.8, 4) is 0 Å². The van der Waals surface area contributed by atoms with Gasteiger partial charge in [0, 0.05) is 23.6 Å². The summed E-state index contributed by atoms with van der Waals surface area (Å²) in [4.78, 5) is 29.6. The maximum atomic E-state index is 12.7. The molecule has 0 spiro atoms. The smallest absolute Gasteiger partial charge is 0.341 e. The van der Waals surface area contributed by atoms with Crippen molar-refractivity contribution in [1.82, 2.24) is 10.1 Å². The van der Waals surface area contributed by atoms with E-state index >= 15 is 0 Å². The number of aromatic nitrogens is 2. The van der Waals surface area contributed by atoms with Gasteiger partial charge in [-0.25, -0.2) is 9.78 Å². The molecule has 3 rings (SSSR count). The van der Waals surface area contributed by atoms with Gasteiger partial charge in [0.05, 0.1) is 11.3 Å². The van der Waals surface area contributed by atoms with E-state index in [1.807, 2.05) is 39.0 Å². The molecule has 29 heavy (non-hydrogen) atoms. The molecule has 1 aromatic carbocycles. The third kappa shape index (κ3) is 5.12. The van der Waals surface area contributed by atoms with Gasteiger partial charge in [0.15, 0.2) is 6.10 Å². The van der Waals surface area contributed by atoms with Crippen LogP contribution in [0, 0.1) is 20.8 Å². The number of Topliss-reactive ketones (excluding diaryl/α,β-unsaturated/α-hetero) is 1. The number of hydrogen-bond acceptors (Lipinski definition) is 7. The predicted molar refractivity (Wildman–Crippen MR) is 110 cm³/mol. The summed E-state index contributed by atoms with van der Waals surface area (Å²) in [6, 6.07) is 10.6. The molecule has 6 nitrogen and oxygen atoms in total. The summed E-state index contributed by atoms with van der Waals surface area (Å²) in [6.07, 6.45) is 0.706. The molecule has 7 heteroatoms. The molecular weight excluding hydrogens is 388 g/mol. The number of benzene rings is 1. The number of carbonyl (C=O) groups is 2. The standard InChI is InChI=1S/C22H22N2O4S/c1-13-7-8-17(10-14(13)2)20(25)16(4)27-22(26)19-6-5-9-23-21(19)29-12-18-11-15(3)28-24-18/h5-11,16H,12H2,1-4H3. The molecule has 0 aliphatic rings. The van der Waals surface area contributed by atoms with Crippen LogP contribution in [0.1, 0.15) is 50.2 Å². The maximum Gasteiger partial charge on any atom is 0.341 e. The summed E-state index contributed by atoms with van der Waals surface area (Å²) < 4.78 is 10.5. The fourth-order valence-electron chi connectivity index (χ4n) is 2.70. The van der Waals surface area contributed by atoms with Crippen molar-refractivity contribution in [2.45, 2.75) is 44.6 Å². The lowest BCUT2D eigenvalue weighted by molar-refractivity contribution is 0.0314. The van der Waals surface area contributed by atoms with Gasteiger partial charge in [0.25, 0.3) is 0 Å². The zero-order valence-electron chi connectivity index (χ0n) is 16.8. The number of rotatable bonds is 7. The van der Waals surface area contributed by atoms with Crippen LogP contribution in [0.2, 0.25) is 0 Å². The zero-order valence-corrected chi connectivity index (χ0v) is 17.6. The molecule has 0 amide bonds. The van der Waals surface area contributed by atoms with E-state index < -0.39 is 12.1 Å². The Bertz CT molecular complexity index is 1040. The summed E-state index contributed by atoms with van der Waals surface area (Å²) >= 11 is 1.36. The van der Waals surface area contributed by atoms with Crippen LogP contribution in [0.5, 0.6) is 0 Å². The lowest BCUT2D eigenvalue weighted by atomic mass is 10.0. The third-order valence-corrected chi connectivity index (χ3v) is 5.51. The van der Waals surface area contributed by atoms with Gasteiger partial charge in [-0.2, -0.15) is 0 Å². The Balaban J connectivity index is 1.69. The molecule has 0 radical (unpaired) electrons. The minimum atomic E-state index is -0.902. The Hall–Kier alpha value is -2.93. The molecule has 0 aliphatic heterocycles. The molecule has 2 aromatic heterocycles. The van der Waals surface area contributed by atoms with Crippen LogP contribution < -0.4 is 0 Å². The normalized spacial score (nSPS) is 11.9. The van der Waals surface area contributed by atoms with E-state index in [0.717, 1.165) is 22.6 Å². The fourth-order valence-corrected chi connectivity index (χ4v) is 3.56. The highest BCUT2D eigenvalue weighted by Crippen LogP contribution is 2.25. The topological polar surface area (TPSA) is 82.3 Å². The summed E-state index contributed by atoms with van der Waals surface area (Å²) in [5, 5.41) is 4.46. The number of nitrogens with zero attached hydrogens (tertiary/aromatic N) is 2. The summed E-state index contributed by atoms with van der Waals surface area (Å²) in [5.41, 5.74) is 3.72. The Morgan fingerprint density at radius 2 is 1.93 bits per heavy atom. The van der Waals surface area contributed by atoms with Gasteiger partial charge in [0.2, 0.25) is 5.78 Å². The molecule has 150 valence electrons. The second-order valence-corrected chi connectivity index (χ2v) is 7.75. The molecule has 1 atom stereocenters. The number of pyridine rings is 1. The van der Waals surface area contributed by atoms with Crippen molar-refractivity contribution in [2.24, 2.45) is 0 Å². The molecule has 0 saturated heterocycles. The predicted octanol–water partition coefficient (Wildman–Crippen LogP) is 4.72. The highest BCUT2D eigenvalue weighted by molar-refractivity contribution is 7.98. The number of ether oxygens (including phenoxy) is 1. The zero-order chi connectivity index (χ0) is 21.0. The van der Waals surface area contributed by atoms with Crippen molar-refractivity contribution >= 4 is 23.5 Å². The third-order valence-electron chi connectivity index (χ3n) is 4.47. The van der Waals surface area contributed by atoms with Gasteiger partial charge in [-0.1, -0.05) is 29.1 Å². The summed E-state index contributed by atoms with van der Waals surface area (Å²) in [6.45, 7) is 7.32. The highest BCUT2D eigenvalue weighted by Gasteiger charge is 2.23. The Morgan fingerprint density at radius 3 is 2.62 bits per heavy atom. The van der Waals surface area contributed by atoms with Crippen LogP contribution in [0.25, 0.3) is 0 Å². The molecule has 0 N–H and O–H groups in total. The van der Waals surface area contributed by atoms with E-state index in [9.17, 15) is 9.59 Å². The summed E-state index contributed by atoms with van der Waals surface area (Å²) in [5.74, 6) is 0.408. The molecule has 0 bridgehead atoms. The first-order valence-electron chi connectivity index (χ1n) is 9.17. The highest BCUT2D eigenvalue weighted by atomic mass is 32.2. The number of hydrogen-bond donors (Lipinski definition) is 0. The van der Waals surface area contributed by atoms with Crippen LogP contribution in [0.3, 0.4) is 0 Å². The van der Waals surface area contributed by atoms with E-state index in [1.165, 1.54) is 11.8 Å². The number of ketones is 1. The van der Waals surface area contributed by atoms with Crippen molar-refractivity contribution in [3.63, 3.8) is 0 Å². The van der Waals surface area contributed by atoms with E-state index in [-0.39, 0.29) is 5.78 Å². The van der Waals surface area contributed by atoms with Crippen LogP contribution in [-0.4, -0.2) is 28.0 Å². The largest absolute Gasteiger partial charge is 0.451 e. The van der Waals surface area contributed by atoms with E-state index in [0.29, 0.717) is 21.9 Å². The SMILES string of the molecule is Cc1cc(CSc2ncccc2C(=O)OC(C)C(=O)c2ccc(C)c(C)c2)no1. The van der Waals surface area contributed by atoms with Crippen LogP contribution in [-0.2, 0) is 10.5 Å². The van der Waals surface area contributed by atoms with E-state index in [2.05, 4.69) is 10.1 Å². The molecule has 3 aromatic rings. The molecule has 0 saturated carbocycles. The maximum absolute atomic E-state index is 12.7. The molecular formula is C22H22N2O4S. The number of aryl methyl sites for hydroxylation is 3.